The number of fused-ring (bicyclic) bond motifs is 1. The molecular weight excluding hydrogens is 466 g/mol. The van der Waals surface area contributed by atoms with Crippen molar-refractivity contribution >= 4 is 10.9 Å². The molecule has 0 saturated heterocycles. The molecule has 0 radical (unpaired) electrons. The van der Waals surface area contributed by atoms with Crippen molar-refractivity contribution < 1.29 is 4.74 Å². The number of H-pyrrole nitrogens is 1. The lowest BCUT2D eigenvalue weighted by Crippen LogP contribution is -2.32. The maximum atomic E-state index is 13.1. The van der Waals surface area contributed by atoms with E-state index >= 15 is 0 Å². The molecule has 9 nitrogen and oxygen atoms in total. The van der Waals surface area contributed by atoms with Gasteiger partial charge in [0.25, 0.3) is 5.56 Å². The lowest BCUT2D eigenvalue weighted by molar-refractivity contribution is 0.161. The summed E-state index contributed by atoms with van der Waals surface area (Å²) in [6, 6.07) is 21.5. The number of nitrogens with one attached hydrogen (secondary N) is 1. The van der Waals surface area contributed by atoms with Crippen molar-refractivity contribution in [3.05, 3.63) is 112 Å². The molecule has 0 aliphatic rings. The molecule has 3 aromatic heterocycles. The predicted octanol–water partition coefficient (Wildman–Crippen LogP) is 4.12. The molecule has 0 amide bonds. The molecule has 2 aromatic carbocycles. The summed E-state index contributed by atoms with van der Waals surface area (Å²) in [5, 5.41) is 13.6. The zero-order valence-electron chi connectivity index (χ0n) is 20.9. The van der Waals surface area contributed by atoms with Gasteiger partial charge in [-0.15, -0.1) is 5.10 Å². The second-order valence-corrected chi connectivity index (χ2v) is 8.95. The smallest absolute Gasteiger partial charge is 0.252 e. The van der Waals surface area contributed by atoms with Gasteiger partial charge < -0.3 is 9.72 Å². The van der Waals surface area contributed by atoms with Crippen molar-refractivity contribution in [1.82, 2.24) is 35.1 Å². The van der Waals surface area contributed by atoms with Gasteiger partial charge in [0.2, 0.25) is 0 Å². The molecular formula is C28H29N7O2. The fourth-order valence-corrected chi connectivity index (χ4v) is 4.62. The van der Waals surface area contributed by atoms with Gasteiger partial charge in [-0.3, -0.25) is 14.7 Å². The number of tetrazole rings is 1. The van der Waals surface area contributed by atoms with Crippen LogP contribution in [-0.4, -0.2) is 42.2 Å². The minimum absolute atomic E-state index is 0.118. The standard InChI is InChI=1S/C28H29N7O2/c1-3-26(27-31-32-33-35(27)18-20-8-5-4-6-9-20)34(17-21-10-7-13-29-16-21)19-23-14-22-15-24(37-2)11-12-25(22)30-28(23)36/h4-16,26H,3,17-19H2,1-2H3,(H,30,36). The summed E-state index contributed by atoms with van der Waals surface area (Å²) in [5.74, 6) is 1.50. The first-order chi connectivity index (χ1) is 18.1. The van der Waals surface area contributed by atoms with Crippen molar-refractivity contribution in [1.29, 1.82) is 0 Å². The number of hydrogen-bond donors (Lipinski definition) is 1. The molecule has 9 heteroatoms. The molecule has 188 valence electrons. The van der Waals surface area contributed by atoms with E-state index in [1.807, 2.05) is 65.5 Å². The molecule has 0 bridgehead atoms. The van der Waals surface area contributed by atoms with Crippen LogP contribution in [0.4, 0.5) is 0 Å². The minimum Gasteiger partial charge on any atom is -0.497 e. The first-order valence-electron chi connectivity index (χ1n) is 12.3. The van der Waals surface area contributed by atoms with Gasteiger partial charge in [0.15, 0.2) is 5.82 Å². The SMILES string of the molecule is CCC(c1nnnn1Cc1ccccc1)N(Cc1cccnc1)Cc1cc2cc(OC)ccc2[nH]c1=O. The third-order valence-electron chi connectivity index (χ3n) is 6.47. The lowest BCUT2D eigenvalue weighted by atomic mass is 10.1. The fraction of sp³-hybridized carbons (Fsp3) is 0.250. The molecule has 5 rings (SSSR count). The zero-order valence-corrected chi connectivity index (χ0v) is 20.9. The summed E-state index contributed by atoms with van der Waals surface area (Å²) in [4.78, 5) is 22.7. The van der Waals surface area contributed by atoms with Crippen LogP contribution in [0.25, 0.3) is 10.9 Å². The normalized spacial score (nSPS) is 12.2. The van der Waals surface area contributed by atoms with Crippen LogP contribution in [0.15, 0.2) is 83.9 Å². The molecule has 0 aliphatic carbocycles. The van der Waals surface area contributed by atoms with E-state index in [2.05, 4.69) is 49.4 Å². The summed E-state index contributed by atoms with van der Waals surface area (Å²) < 4.78 is 7.23. The van der Waals surface area contributed by atoms with Crippen molar-refractivity contribution in [3.8, 4) is 5.75 Å². The third kappa shape index (κ3) is 5.57. The molecule has 37 heavy (non-hydrogen) atoms. The molecule has 5 aromatic rings. The van der Waals surface area contributed by atoms with Gasteiger partial charge in [-0.25, -0.2) is 4.68 Å². The van der Waals surface area contributed by atoms with E-state index in [9.17, 15) is 4.79 Å². The van der Waals surface area contributed by atoms with Crippen LogP contribution in [-0.2, 0) is 19.6 Å². The van der Waals surface area contributed by atoms with E-state index in [0.29, 0.717) is 25.2 Å². The maximum Gasteiger partial charge on any atom is 0.252 e. The van der Waals surface area contributed by atoms with Gasteiger partial charge in [0, 0.05) is 41.9 Å². The second kappa shape index (κ2) is 11.1. The van der Waals surface area contributed by atoms with E-state index in [-0.39, 0.29) is 11.6 Å². The predicted molar refractivity (Wildman–Crippen MR) is 141 cm³/mol. The van der Waals surface area contributed by atoms with Gasteiger partial charge >= 0.3 is 0 Å². The van der Waals surface area contributed by atoms with Crippen molar-refractivity contribution in [2.75, 3.05) is 7.11 Å². The van der Waals surface area contributed by atoms with E-state index in [1.54, 1.807) is 13.3 Å². The van der Waals surface area contributed by atoms with Crippen LogP contribution < -0.4 is 10.3 Å². The van der Waals surface area contributed by atoms with Gasteiger partial charge in [0.1, 0.15) is 5.75 Å². The average Bonchev–Trinajstić information content (AvgIpc) is 3.38. The largest absolute Gasteiger partial charge is 0.497 e. The number of pyridine rings is 2. The molecule has 0 spiro atoms. The quantitative estimate of drug-likeness (QED) is 0.311. The lowest BCUT2D eigenvalue weighted by Gasteiger charge is -2.30. The second-order valence-electron chi connectivity index (χ2n) is 8.95. The van der Waals surface area contributed by atoms with Crippen molar-refractivity contribution in [2.24, 2.45) is 0 Å². The number of aromatic nitrogens is 6. The average molecular weight is 496 g/mol. The highest BCUT2D eigenvalue weighted by molar-refractivity contribution is 5.80. The summed E-state index contributed by atoms with van der Waals surface area (Å²) in [5.41, 5.74) is 3.47. The van der Waals surface area contributed by atoms with Gasteiger partial charge in [-0.2, -0.15) is 0 Å². The number of ether oxygens (including phenoxy) is 1. The summed E-state index contributed by atoms with van der Waals surface area (Å²) >= 11 is 0. The topological polar surface area (TPSA) is 102 Å². The molecule has 1 unspecified atom stereocenters. The maximum absolute atomic E-state index is 13.1. The fourth-order valence-electron chi connectivity index (χ4n) is 4.62. The number of nitrogens with zero attached hydrogens (tertiary/aromatic N) is 6. The Morgan fingerprint density at radius 3 is 2.62 bits per heavy atom. The Kier molecular flexibility index (Phi) is 7.32. The first kappa shape index (κ1) is 24.3. The van der Waals surface area contributed by atoms with E-state index in [1.165, 1.54) is 0 Å². The Hall–Kier alpha value is -4.37. The van der Waals surface area contributed by atoms with Crippen LogP contribution in [0.5, 0.6) is 5.75 Å². The third-order valence-corrected chi connectivity index (χ3v) is 6.47. The summed E-state index contributed by atoms with van der Waals surface area (Å²) in [7, 11) is 1.63. The number of methoxy groups -OCH3 is 1. The molecule has 1 atom stereocenters. The highest BCUT2D eigenvalue weighted by Crippen LogP contribution is 2.27. The van der Waals surface area contributed by atoms with Crippen LogP contribution in [0.2, 0.25) is 0 Å². The molecule has 0 fully saturated rings. The van der Waals surface area contributed by atoms with Crippen LogP contribution >= 0.6 is 0 Å². The van der Waals surface area contributed by atoms with Crippen molar-refractivity contribution in [3.63, 3.8) is 0 Å². The number of hydrogen-bond acceptors (Lipinski definition) is 7. The Morgan fingerprint density at radius 1 is 1.03 bits per heavy atom. The molecule has 3 heterocycles. The highest BCUT2D eigenvalue weighted by Gasteiger charge is 2.26. The van der Waals surface area contributed by atoms with E-state index < -0.39 is 0 Å². The molecule has 1 N–H and O–H groups in total. The molecule has 0 aliphatic heterocycles. The first-order valence-corrected chi connectivity index (χ1v) is 12.3. The Balaban J connectivity index is 1.52. The van der Waals surface area contributed by atoms with E-state index in [0.717, 1.165) is 40.0 Å². The van der Waals surface area contributed by atoms with Crippen LogP contribution in [0.3, 0.4) is 0 Å². The summed E-state index contributed by atoms with van der Waals surface area (Å²) in [6.07, 6.45) is 4.36. The van der Waals surface area contributed by atoms with Crippen molar-refractivity contribution in [2.45, 2.75) is 39.0 Å². The van der Waals surface area contributed by atoms with Gasteiger partial charge in [-0.05, 0) is 58.3 Å². The Labute approximate surface area is 214 Å². The van der Waals surface area contributed by atoms with Crippen LogP contribution in [0.1, 0.15) is 41.9 Å². The van der Waals surface area contributed by atoms with Gasteiger partial charge in [0.05, 0.1) is 19.7 Å². The highest BCUT2D eigenvalue weighted by atomic mass is 16.5. The monoisotopic (exact) mass is 495 g/mol. The van der Waals surface area contributed by atoms with E-state index in [4.69, 9.17) is 4.74 Å². The Morgan fingerprint density at radius 2 is 1.86 bits per heavy atom. The van der Waals surface area contributed by atoms with Crippen LogP contribution in [0, 0.1) is 0 Å². The Bertz CT molecular complexity index is 1520. The zero-order chi connectivity index (χ0) is 25.6. The number of benzene rings is 2. The number of aromatic amines is 1. The van der Waals surface area contributed by atoms with Gasteiger partial charge in [-0.1, -0.05) is 43.3 Å². The summed E-state index contributed by atoms with van der Waals surface area (Å²) in [6.45, 7) is 3.67. The number of rotatable bonds is 10. The minimum atomic E-state index is -0.126. The molecule has 0 saturated carbocycles.